The van der Waals surface area contributed by atoms with Gasteiger partial charge in [0.25, 0.3) is 6.43 Å². The highest BCUT2D eigenvalue weighted by molar-refractivity contribution is 5.79. The second-order valence-electron chi connectivity index (χ2n) is 13.4. The zero-order chi connectivity index (χ0) is 37.4. The van der Waals surface area contributed by atoms with Crippen molar-refractivity contribution in [2.45, 2.75) is 65.8 Å². The maximum absolute atomic E-state index is 14.1. The summed E-state index contributed by atoms with van der Waals surface area (Å²) in [7, 11) is 0. The molecule has 0 spiro atoms. The number of hydrogen-bond donors (Lipinski definition) is 0. The third-order valence-corrected chi connectivity index (χ3v) is 9.05. The second kappa shape index (κ2) is 17.3. The van der Waals surface area contributed by atoms with Crippen molar-refractivity contribution in [3.63, 3.8) is 0 Å². The van der Waals surface area contributed by atoms with Gasteiger partial charge in [0.05, 0.1) is 29.9 Å². The molecule has 2 amide bonds. The van der Waals surface area contributed by atoms with E-state index in [0.29, 0.717) is 62.6 Å². The summed E-state index contributed by atoms with van der Waals surface area (Å²) in [6.07, 6.45) is 0.693. The Labute approximate surface area is 302 Å². The Bertz CT molecular complexity index is 1790. The lowest BCUT2D eigenvalue weighted by molar-refractivity contribution is -0.131. The minimum absolute atomic E-state index is 0.00464. The number of alkyl halides is 2. The van der Waals surface area contributed by atoms with E-state index in [9.17, 15) is 22.8 Å². The van der Waals surface area contributed by atoms with Gasteiger partial charge in [0.1, 0.15) is 11.5 Å². The van der Waals surface area contributed by atoms with Gasteiger partial charge < -0.3 is 19.6 Å². The number of aryl methyl sites for hydroxylation is 2. The third kappa shape index (κ3) is 9.98. The summed E-state index contributed by atoms with van der Waals surface area (Å²) in [6, 6.07) is 12.1. The van der Waals surface area contributed by atoms with E-state index >= 15 is 0 Å². The van der Waals surface area contributed by atoms with Crippen LogP contribution in [0.3, 0.4) is 0 Å². The summed E-state index contributed by atoms with van der Waals surface area (Å²) >= 11 is 0. The van der Waals surface area contributed by atoms with Crippen LogP contribution in [-0.4, -0.2) is 104 Å². The van der Waals surface area contributed by atoms with Crippen LogP contribution in [0.25, 0.3) is 0 Å². The number of carbonyl (C=O) groups is 2. The number of rotatable bonds is 8. The van der Waals surface area contributed by atoms with Crippen molar-refractivity contribution < 1.29 is 22.8 Å². The molecule has 0 N–H and O–H groups in total. The summed E-state index contributed by atoms with van der Waals surface area (Å²) in [5.41, 5.74) is 3.16. The van der Waals surface area contributed by atoms with E-state index in [2.05, 4.69) is 47.1 Å². The van der Waals surface area contributed by atoms with Crippen molar-refractivity contribution in [3.8, 4) is 0 Å². The van der Waals surface area contributed by atoms with Crippen LogP contribution in [0, 0.1) is 19.7 Å². The van der Waals surface area contributed by atoms with E-state index in [1.165, 1.54) is 24.4 Å². The molecule has 52 heavy (non-hydrogen) atoms. The molecule has 2 fully saturated rings. The van der Waals surface area contributed by atoms with Gasteiger partial charge in [-0.2, -0.15) is 10.2 Å². The molecule has 0 radical (unpaired) electrons. The molecule has 6 heterocycles. The number of piperazine rings is 2. The molecule has 2 aliphatic heterocycles. The highest BCUT2D eigenvalue weighted by Gasteiger charge is 2.28. The fraction of sp³-hybridized carbons (Fsp3) is 0.459. The molecule has 4 aromatic rings. The topological polar surface area (TPSA) is 124 Å². The van der Waals surface area contributed by atoms with Crippen LogP contribution in [0.2, 0.25) is 0 Å². The van der Waals surface area contributed by atoms with E-state index < -0.39 is 6.43 Å². The lowest BCUT2D eigenvalue weighted by atomic mass is 10.1. The van der Waals surface area contributed by atoms with Crippen LogP contribution in [0.4, 0.5) is 24.8 Å². The van der Waals surface area contributed by atoms with Crippen molar-refractivity contribution in [1.29, 1.82) is 0 Å². The first kappa shape index (κ1) is 38.0. The molecule has 276 valence electrons. The molecular formula is C37H45F3N10O2. The number of carbonyl (C=O) groups excluding carboxylic acids is 2. The molecule has 4 aromatic heterocycles. The molecule has 0 saturated carbocycles. The molecule has 12 nitrogen and oxygen atoms in total. The van der Waals surface area contributed by atoms with Crippen LogP contribution >= 0.6 is 0 Å². The van der Waals surface area contributed by atoms with Crippen molar-refractivity contribution in [2.24, 2.45) is 0 Å². The van der Waals surface area contributed by atoms with Gasteiger partial charge in [0, 0.05) is 64.2 Å². The Balaban J connectivity index is 0.000000202. The fourth-order valence-electron chi connectivity index (χ4n) is 6.07. The molecular weight excluding hydrogens is 673 g/mol. The first-order chi connectivity index (χ1) is 24.9. The number of hydrogen-bond acceptors (Lipinski definition) is 10. The molecule has 2 aliphatic rings. The van der Waals surface area contributed by atoms with E-state index in [1.54, 1.807) is 11.1 Å². The summed E-state index contributed by atoms with van der Waals surface area (Å²) < 4.78 is 39.1. The van der Waals surface area contributed by atoms with Gasteiger partial charge in [-0.3, -0.25) is 19.6 Å². The first-order valence-corrected chi connectivity index (χ1v) is 17.4. The van der Waals surface area contributed by atoms with Gasteiger partial charge in [-0.05, 0) is 74.2 Å². The Morgan fingerprint density at radius 2 is 1.35 bits per heavy atom. The summed E-state index contributed by atoms with van der Waals surface area (Å²) in [4.78, 5) is 40.8. The van der Waals surface area contributed by atoms with Gasteiger partial charge >= 0.3 is 0 Å². The average Bonchev–Trinajstić information content (AvgIpc) is 3.13. The number of anilines is 2. The third-order valence-electron chi connectivity index (χ3n) is 9.05. The largest absolute Gasteiger partial charge is 0.352 e. The minimum Gasteiger partial charge on any atom is -0.352 e. The second-order valence-corrected chi connectivity index (χ2v) is 13.4. The van der Waals surface area contributed by atoms with Crippen LogP contribution < -0.4 is 9.80 Å². The van der Waals surface area contributed by atoms with Crippen LogP contribution in [0.15, 0.2) is 54.9 Å². The van der Waals surface area contributed by atoms with Crippen molar-refractivity contribution in [1.82, 2.24) is 40.2 Å². The molecule has 1 atom stereocenters. The van der Waals surface area contributed by atoms with Crippen LogP contribution in [0.5, 0.6) is 0 Å². The van der Waals surface area contributed by atoms with Crippen molar-refractivity contribution in [3.05, 3.63) is 94.6 Å². The normalized spacial score (nSPS) is 16.2. The maximum atomic E-state index is 14.1. The number of aromatic nitrogens is 6. The number of nitrogens with zero attached hydrogens (tertiary/aromatic N) is 10. The zero-order valence-corrected chi connectivity index (χ0v) is 30.2. The number of amides is 2. The predicted molar refractivity (Wildman–Crippen MR) is 191 cm³/mol. The molecule has 0 unspecified atom stereocenters. The highest BCUT2D eigenvalue weighted by atomic mass is 19.3. The zero-order valence-electron chi connectivity index (χ0n) is 30.2. The summed E-state index contributed by atoms with van der Waals surface area (Å²) in [5, 5.41) is 16.6. The van der Waals surface area contributed by atoms with Gasteiger partial charge in [-0.15, -0.1) is 10.2 Å². The van der Waals surface area contributed by atoms with Gasteiger partial charge in [-0.25, -0.2) is 13.2 Å². The SMILES string of the molecule is Cc1ccc(N2CCN(C(=O)Cc3ccc(C(F)F)nc3)CC2)nn1.Cc1ccc(N2CCN(C(=O)Cc3cnc(C(C)C)c(F)c3)C[C@@H]2C)nn1. The molecule has 0 aliphatic carbocycles. The van der Waals surface area contributed by atoms with Gasteiger partial charge in [-0.1, -0.05) is 19.9 Å². The van der Waals surface area contributed by atoms with E-state index in [1.807, 2.05) is 56.9 Å². The van der Waals surface area contributed by atoms with Crippen LogP contribution in [0.1, 0.15) is 67.0 Å². The Kier molecular flexibility index (Phi) is 12.7. The molecule has 6 rings (SSSR count). The smallest absolute Gasteiger partial charge is 0.280 e. The monoisotopic (exact) mass is 718 g/mol. The van der Waals surface area contributed by atoms with Crippen molar-refractivity contribution in [2.75, 3.05) is 55.6 Å². The predicted octanol–water partition coefficient (Wildman–Crippen LogP) is 4.73. The van der Waals surface area contributed by atoms with Crippen LogP contribution in [-0.2, 0) is 22.4 Å². The first-order valence-electron chi connectivity index (χ1n) is 17.4. The lowest BCUT2D eigenvalue weighted by Gasteiger charge is -2.40. The van der Waals surface area contributed by atoms with Gasteiger partial charge in [0.2, 0.25) is 11.8 Å². The van der Waals surface area contributed by atoms with Gasteiger partial charge in [0.15, 0.2) is 11.6 Å². The Morgan fingerprint density at radius 1 is 0.750 bits per heavy atom. The highest BCUT2D eigenvalue weighted by Crippen LogP contribution is 2.21. The number of pyridine rings is 2. The number of halogens is 3. The molecule has 15 heteroatoms. The molecule has 2 saturated heterocycles. The Hall–Kier alpha value is -5.21. The molecule has 0 aromatic carbocycles. The quantitative estimate of drug-likeness (QED) is 0.253. The standard InChI is InChI=1S/C20H26FN5O.C17H19F2N5O/c1-13(2)20-17(21)9-16(11-22-20)10-19(27)25-7-8-26(15(4)12-25)18-6-5-14(3)23-24-18;1-12-2-5-15(22-21-12)23-6-8-24(9-7-23)16(25)10-13-3-4-14(17(18)19)20-11-13/h5-6,9,11,13,15H,7-8,10,12H2,1-4H3;2-5,11,17H,6-10H2,1H3/t15-;/m0./s1. The lowest BCUT2D eigenvalue weighted by Crippen LogP contribution is -2.54. The average molecular weight is 719 g/mol. The maximum Gasteiger partial charge on any atom is 0.280 e. The van der Waals surface area contributed by atoms with E-state index in [4.69, 9.17) is 0 Å². The summed E-state index contributed by atoms with van der Waals surface area (Å²) in [5.74, 6) is 1.29. The minimum atomic E-state index is -2.59. The van der Waals surface area contributed by atoms with E-state index in [-0.39, 0.29) is 48.1 Å². The molecule has 0 bridgehead atoms. The summed E-state index contributed by atoms with van der Waals surface area (Å²) in [6.45, 7) is 14.1. The Morgan fingerprint density at radius 3 is 1.88 bits per heavy atom. The van der Waals surface area contributed by atoms with E-state index in [0.717, 1.165) is 23.0 Å². The van der Waals surface area contributed by atoms with Crippen molar-refractivity contribution >= 4 is 23.5 Å². The fourth-order valence-corrected chi connectivity index (χ4v) is 6.07.